The number of benzene rings is 1. The molecule has 2 aliphatic rings. The van der Waals surface area contributed by atoms with Crippen LogP contribution in [0.5, 0.6) is 0 Å². The van der Waals surface area contributed by atoms with Gasteiger partial charge in [0.15, 0.2) is 0 Å². The quantitative estimate of drug-likeness (QED) is 0.910. The lowest BCUT2D eigenvalue weighted by atomic mass is 9.75. The molecule has 1 atom stereocenters. The van der Waals surface area contributed by atoms with Gasteiger partial charge in [0.05, 0.1) is 0 Å². The number of nitrogens with one attached hydrogen (secondary N) is 1. The van der Waals surface area contributed by atoms with Gasteiger partial charge in [-0.1, -0.05) is 29.8 Å². The molecular weight excluding hydrogens is 256 g/mol. The Kier molecular flexibility index (Phi) is 4.11. The summed E-state index contributed by atoms with van der Waals surface area (Å²) in [6.45, 7) is 3.71. The van der Waals surface area contributed by atoms with Crippen LogP contribution < -0.4 is 5.32 Å². The molecule has 1 N–H and O–H groups in total. The number of hydrogen-bond acceptors (Lipinski definition) is 2. The van der Waals surface area contributed by atoms with E-state index in [-0.39, 0.29) is 0 Å². The van der Waals surface area contributed by atoms with Crippen LogP contribution in [0.2, 0.25) is 5.02 Å². The number of rotatable bonds is 4. The van der Waals surface area contributed by atoms with E-state index in [9.17, 15) is 0 Å². The first-order valence-corrected chi connectivity index (χ1v) is 7.76. The van der Waals surface area contributed by atoms with E-state index in [1.54, 1.807) is 0 Å². The first kappa shape index (κ1) is 13.4. The Morgan fingerprint density at radius 1 is 1.32 bits per heavy atom. The lowest BCUT2D eigenvalue weighted by molar-refractivity contribution is 0.274. The monoisotopic (exact) mass is 278 g/mol. The average Bonchev–Trinajstić information content (AvgIpc) is 2.75. The standard InChI is InChI=1S/C16H23ClN2/c1-19-7-6-12(11-19)10-18-14-8-13(9-14)15-4-2-3-5-16(15)17/h2-5,12-14,18H,6-11H2,1H3. The van der Waals surface area contributed by atoms with Crippen molar-refractivity contribution in [3.05, 3.63) is 34.9 Å². The average molecular weight is 279 g/mol. The van der Waals surface area contributed by atoms with Gasteiger partial charge in [-0.2, -0.15) is 0 Å². The van der Waals surface area contributed by atoms with Crippen LogP contribution in [0.15, 0.2) is 24.3 Å². The number of likely N-dealkylation sites (tertiary alicyclic amines) is 1. The summed E-state index contributed by atoms with van der Waals surface area (Å²) in [6.07, 6.45) is 3.84. The molecule has 3 rings (SSSR count). The molecule has 2 fully saturated rings. The molecule has 1 aromatic rings. The van der Waals surface area contributed by atoms with E-state index in [1.165, 1.54) is 44.5 Å². The minimum Gasteiger partial charge on any atom is -0.314 e. The summed E-state index contributed by atoms with van der Waals surface area (Å²) in [6, 6.07) is 8.99. The minimum atomic E-state index is 0.664. The molecule has 19 heavy (non-hydrogen) atoms. The van der Waals surface area contributed by atoms with Crippen LogP contribution in [0.25, 0.3) is 0 Å². The van der Waals surface area contributed by atoms with Crippen LogP contribution in [0.3, 0.4) is 0 Å². The van der Waals surface area contributed by atoms with Gasteiger partial charge < -0.3 is 10.2 Å². The zero-order valence-corrected chi connectivity index (χ0v) is 12.4. The van der Waals surface area contributed by atoms with E-state index in [0.717, 1.165) is 10.9 Å². The van der Waals surface area contributed by atoms with Crippen molar-refractivity contribution in [2.75, 3.05) is 26.7 Å². The predicted molar refractivity (Wildman–Crippen MR) is 80.8 cm³/mol. The molecule has 1 aliphatic carbocycles. The highest BCUT2D eigenvalue weighted by Gasteiger charge is 2.31. The SMILES string of the molecule is CN1CCC(CNC2CC(c3ccccc3Cl)C2)C1. The van der Waals surface area contributed by atoms with Crippen molar-refractivity contribution in [3.8, 4) is 0 Å². The Hall–Kier alpha value is -0.570. The van der Waals surface area contributed by atoms with Crippen molar-refractivity contribution in [2.24, 2.45) is 5.92 Å². The lowest BCUT2D eigenvalue weighted by Gasteiger charge is -2.37. The molecule has 1 heterocycles. The van der Waals surface area contributed by atoms with E-state index >= 15 is 0 Å². The van der Waals surface area contributed by atoms with Gasteiger partial charge in [-0.3, -0.25) is 0 Å². The Morgan fingerprint density at radius 2 is 2.11 bits per heavy atom. The van der Waals surface area contributed by atoms with Gasteiger partial charge >= 0.3 is 0 Å². The molecule has 2 nitrogen and oxygen atoms in total. The van der Waals surface area contributed by atoms with Crippen molar-refractivity contribution in [1.29, 1.82) is 0 Å². The van der Waals surface area contributed by atoms with E-state index in [0.29, 0.717) is 12.0 Å². The van der Waals surface area contributed by atoms with Crippen molar-refractivity contribution < 1.29 is 0 Å². The normalized spacial score (nSPS) is 31.4. The summed E-state index contributed by atoms with van der Waals surface area (Å²) < 4.78 is 0. The van der Waals surface area contributed by atoms with Gasteiger partial charge in [-0.05, 0) is 62.9 Å². The van der Waals surface area contributed by atoms with Gasteiger partial charge in [-0.25, -0.2) is 0 Å². The third kappa shape index (κ3) is 3.13. The second kappa shape index (κ2) is 5.82. The highest BCUT2D eigenvalue weighted by Crippen LogP contribution is 2.39. The molecule has 1 aliphatic heterocycles. The van der Waals surface area contributed by atoms with Crippen molar-refractivity contribution in [3.63, 3.8) is 0 Å². The highest BCUT2D eigenvalue weighted by molar-refractivity contribution is 6.31. The Bertz CT molecular complexity index is 429. The molecule has 0 radical (unpaired) electrons. The van der Waals surface area contributed by atoms with E-state index in [1.807, 2.05) is 12.1 Å². The Labute approximate surface area is 121 Å². The third-order valence-electron chi connectivity index (χ3n) is 4.67. The molecule has 104 valence electrons. The Balaban J connectivity index is 1.42. The Morgan fingerprint density at radius 3 is 2.79 bits per heavy atom. The second-order valence-electron chi connectivity index (χ2n) is 6.21. The van der Waals surface area contributed by atoms with E-state index in [2.05, 4.69) is 29.4 Å². The van der Waals surface area contributed by atoms with Crippen molar-refractivity contribution >= 4 is 11.6 Å². The summed E-state index contributed by atoms with van der Waals surface area (Å²) in [5.74, 6) is 1.52. The second-order valence-corrected chi connectivity index (χ2v) is 6.62. The molecule has 1 saturated heterocycles. The third-order valence-corrected chi connectivity index (χ3v) is 5.01. The van der Waals surface area contributed by atoms with E-state index < -0.39 is 0 Å². The van der Waals surface area contributed by atoms with Gasteiger partial charge in [0, 0.05) is 17.6 Å². The molecule has 1 aromatic carbocycles. The summed E-state index contributed by atoms with van der Waals surface area (Å²) >= 11 is 6.25. The topological polar surface area (TPSA) is 15.3 Å². The van der Waals surface area contributed by atoms with Crippen LogP contribution in [-0.4, -0.2) is 37.6 Å². The summed E-state index contributed by atoms with van der Waals surface area (Å²) in [7, 11) is 2.22. The molecule has 0 spiro atoms. The minimum absolute atomic E-state index is 0.664. The molecule has 0 bridgehead atoms. The van der Waals surface area contributed by atoms with Crippen LogP contribution in [0.1, 0.15) is 30.7 Å². The largest absolute Gasteiger partial charge is 0.314 e. The molecule has 3 heteroatoms. The smallest absolute Gasteiger partial charge is 0.0440 e. The van der Waals surface area contributed by atoms with Crippen molar-refractivity contribution in [2.45, 2.75) is 31.2 Å². The van der Waals surface area contributed by atoms with Crippen molar-refractivity contribution in [1.82, 2.24) is 10.2 Å². The van der Waals surface area contributed by atoms with Gasteiger partial charge in [0.25, 0.3) is 0 Å². The molecule has 0 amide bonds. The lowest BCUT2D eigenvalue weighted by Crippen LogP contribution is -2.42. The van der Waals surface area contributed by atoms with Gasteiger partial charge in [0.1, 0.15) is 0 Å². The fourth-order valence-corrected chi connectivity index (χ4v) is 3.66. The number of hydrogen-bond donors (Lipinski definition) is 1. The van der Waals surface area contributed by atoms with Crippen LogP contribution in [0, 0.1) is 5.92 Å². The molecule has 0 aromatic heterocycles. The zero-order chi connectivity index (χ0) is 13.2. The maximum Gasteiger partial charge on any atom is 0.0440 e. The first-order valence-electron chi connectivity index (χ1n) is 7.38. The molecule has 1 saturated carbocycles. The summed E-state index contributed by atoms with van der Waals surface area (Å²) in [4.78, 5) is 2.43. The van der Waals surface area contributed by atoms with Crippen LogP contribution in [-0.2, 0) is 0 Å². The summed E-state index contributed by atoms with van der Waals surface area (Å²) in [5, 5.41) is 4.66. The van der Waals surface area contributed by atoms with Gasteiger partial charge in [0.2, 0.25) is 0 Å². The number of halogens is 1. The van der Waals surface area contributed by atoms with E-state index in [4.69, 9.17) is 11.6 Å². The molecule has 1 unspecified atom stereocenters. The highest BCUT2D eigenvalue weighted by atomic mass is 35.5. The molecular formula is C16H23ClN2. The maximum absolute atomic E-state index is 6.25. The first-order chi connectivity index (χ1) is 9.22. The van der Waals surface area contributed by atoms with Gasteiger partial charge in [-0.15, -0.1) is 0 Å². The zero-order valence-electron chi connectivity index (χ0n) is 11.6. The fourth-order valence-electron chi connectivity index (χ4n) is 3.37. The maximum atomic E-state index is 6.25. The summed E-state index contributed by atoms with van der Waals surface area (Å²) in [5.41, 5.74) is 1.34. The number of nitrogens with zero attached hydrogens (tertiary/aromatic N) is 1. The predicted octanol–water partition coefficient (Wildman–Crippen LogP) is 3.13. The van der Waals surface area contributed by atoms with Crippen LogP contribution in [0.4, 0.5) is 0 Å². The van der Waals surface area contributed by atoms with Crippen LogP contribution >= 0.6 is 11.6 Å². The fraction of sp³-hybridized carbons (Fsp3) is 0.625.